The van der Waals surface area contributed by atoms with Crippen molar-refractivity contribution < 1.29 is 9.15 Å². The number of nitrogens with one attached hydrogen (secondary N) is 1. The molecule has 2 rings (SSSR count). The molecule has 0 saturated heterocycles. The Hall–Kier alpha value is -1.03. The molecule has 0 radical (unpaired) electrons. The zero-order valence-electron chi connectivity index (χ0n) is 11.4. The second kappa shape index (κ2) is 6.78. The summed E-state index contributed by atoms with van der Waals surface area (Å²) in [6.45, 7) is 6.83. The Bertz CT molecular complexity index is 345. The van der Waals surface area contributed by atoms with E-state index in [0.717, 1.165) is 37.7 Å². The van der Waals surface area contributed by atoms with E-state index in [1.165, 1.54) is 19.3 Å². The minimum atomic E-state index is 0.413. The van der Waals surface area contributed by atoms with E-state index in [4.69, 9.17) is 9.15 Å². The molecule has 0 atom stereocenters. The predicted molar refractivity (Wildman–Crippen MR) is 70.5 cm³/mol. The summed E-state index contributed by atoms with van der Waals surface area (Å²) in [5.41, 5.74) is 0.911. The highest BCUT2D eigenvalue weighted by molar-refractivity contribution is 4.99. The molecule has 0 unspecified atom stereocenters. The number of aromatic nitrogens is 1. The van der Waals surface area contributed by atoms with Crippen molar-refractivity contribution >= 4 is 0 Å². The molecule has 1 N–H and O–H groups in total. The van der Waals surface area contributed by atoms with Crippen molar-refractivity contribution in [1.29, 1.82) is 0 Å². The summed E-state index contributed by atoms with van der Waals surface area (Å²) >= 11 is 0. The van der Waals surface area contributed by atoms with E-state index in [2.05, 4.69) is 24.1 Å². The monoisotopic (exact) mass is 252 g/mol. The maximum Gasteiger partial charge on any atom is 0.393 e. The first-order chi connectivity index (χ1) is 8.74. The van der Waals surface area contributed by atoms with Gasteiger partial charge in [0.25, 0.3) is 0 Å². The summed E-state index contributed by atoms with van der Waals surface area (Å²) < 4.78 is 10.8. The van der Waals surface area contributed by atoms with Gasteiger partial charge >= 0.3 is 6.08 Å². The molecular weight excluding hydrogens is 228 g/mol. The molecule has 0 bridgehead atoms. The van der Waals surface area contributed by atoms with E-state index in [9.17, 15) is 0 Å². The van der Waals surface area contributed by atoms with Crippen LogP contribution >= 0.6 is 0 Å². The number of nitrogens with zero attached hydrogens (tertiary/aromatic N) is 1. The molecule has 1 aromatic heterocycles. The number of hydrogen-bond acceptors (Lipinski definition) is 4. The molecule has 1 saturated carbocycles. The molecule has 1 heterocycles. The van der Waals surface area contributed by atoms with E-state index >= 15 is 0 Å². The van der Waals surface area contributed by atoms with E-state index in [-0.39, 0.29) is 0 Å². The van der Waals surface area contributed by atoms with E-state index in [1.54, 1.807) is 6.26 Å². The summed E-state index contributed by atoms with van der Waals surface area (Å²) in [6.07, 6.45) is 7.32. The highest BCUT2D eigenvalue weighted by atomic mass is 16.6. The van der Waals surface area contributed by atoms with Gasteiger partial charge in [0.15, 0.2) is 0 Å². The maximum absolute atomic E-state index is 5.51. The number of rotatable bonds is 8. The average Bonchev–Trinajstić information content (AvgIpc) is 2.69. The highest BCUT2D eigenvalue weighted by Gasteiger charge is 2.17. The summed E-state index contributed by atoms with van der Waals surface area (Å²) in [6, 6.07) is 0. The molecule has 0 aliphatic heterocycles. The fourth-order valence-corrected chi connectivity index (χ4v) is 2.02. The highest BCUT2D eigenvalue weighted by Crippen LogP contribution is 2.29. The molecule has 0 aromatic carbocycles. The molecule has 18 heavy (non-hydrogen) atoms. The van der Waals surface area contributed by atoms with Gasteiger partial charge in [-0.15, -0.1) is 0 Å². The fourth-order valence-electron chi connectivity index (χ4n) is 2.02. The minimum Gasteiger partial charge on any atom is -0.450 e. The van der Waals surface area contributed by atoms with Crippen LogP contribution in [0.1, 0.15) is 45.2 Å². The number of hydrogen-bond donors (Lipinski definition) is 1. The van der Waals surface area contributed by atoms with Crippen molar-refractivity contribution in [3.8, 4) is 6.08 Å². The quantitative estimate of drug-likeness (QED) is 0.772. The molecule has 4 heteroatoms. The second-order valence-electron chi connectivity index (χ2n) is 5.56. The van der Waals surface area contributed by atoms with E-state index in [1.807, 2.05) is 0 Å². The van der Waals surface area contributed by atoms with Crippen LogP contribution < -0.4 is 10.1 Å². The zero-order chi connectivity index (χ0) is 12.8. The van der Waals surface area contributed by atoms with Gasteiger partial charge in [-0.2, -0.15) is 4.98 Å². The van der Waals surface area contributed by atoms with Crippen LogP contribution in [0, 0.1) is 11.8 Å². The lowest BCUT2D eigenvalue weighted by Gasteiger charge is -2.24. The van der Waals surface area contributed by atoms with Gasteiger partial charge in [-0.25, -0.2) is 0 Å². The van der Waals surface area contributed by atoms with Crippen LogP contribution in [0.5, 0.6) is 6.08 Å². The Kier molecular flexibility index (Phi) is 5.05. The van der Waals surface area contributed by atoms with Crippen LogP contribution in [0.2, 0.25) is 0 Å². The van der Waals surface area contributed by atoms with Crippen molar-refractivity contribution in [1.82, 2.24) is 10.3 Å². The van der Waals surface area contributed by atoms with E-state index in [0.29, 0.717) is 12.0 Å². The molecule has 4 nitrogen and oxygen atoms in total. The summed E-state index contributed by atoms with van der Waals surface area (Å²) in [5.74, 6) is 1.52. The third kappa shape index (κ3) is 4.33. The lowest BCUT2D eigenvalue weighted by Crippen LogP contribution is -2.19. The topological polar surface area (TPSA) is 47.3 Å². The zero-order valence-corrected chi connectivity index (χ0v) is 11.4. The Labute approximate surface area is 109 Å². The Morgan fingerprint density at radius 2 is 2.33 bits per heavy atom. The van der Waals surface area contributed by atoms with Crippen LogP contribution in [-0.2, 0) is 6.54 Å². The minimum absolute atomic E-state index is 0.413. The summed E-state index contributed by atoms with van der Waals surface area (Å²) in [4.78, 5) is 4.30. The normalized spacial score (nSPS) is 15.9. The van der Waals surface area contributed by atoms with Crippen LogP contribution in [-0.4, -0.2) is 18.1 Å². The van der Waals surface area contributed by atoms with Crippen LogP contribution in [0.3, 0.4) is 0 Å². The van der Waals surface area contributed by atoms with Gasteiger partial charge in [0, 0.05) is 6.54 Å². The van der Waals surface area contributed by atoms with Gasteiger partial charge in [-0.3, -0.25) is 0 Å². The van der Waals surface area contributed by atoms with Crippen molar-refractivity contribution in [2.75, 3.05) is 13.2 Å². The van der Waals surface area contributed by atoms with Gasteiger partial charge in [0.2, 0.25) is 0 Å². The fraction of sp³-hybridized carbons (Fsp3) is 0.786. The molecule has 102 valence electrons. The smallest absolute Gasteiger partial charge is 0.393 e. The Morgan fingerprint density at radius 1 is 1.50 bits per heavy atom. The van der Waals surface area contributed by atoms with E-state index < -0.39 is 0 Å². The van der Waals surface area contributed by atoms with Gasteiger partial charge in [0.1, 0.15) is 6.26 Å². The largest absolute Gasteiger partial charge is 0.450 e. The summed E-state index contributed by atoms with van der Waals surface area (Å²) in [5, 5.41) is 3.33. The SMILES string of the molecule is CC(C)CNCc1coc(OCCC2CCC2)n1. The lowest BCUT2D eigenvalue weighted by molar-refractivity contribution is 0.183. The van der Waals surface area contributed by atoms with Crippen LogP contribution in [0.4, 0.5) is 0 Å². The van der Waals surface area contributed by atoms with Gasteiger partial charge < -0.3 is 14.5 Å². The van der Waals surface area contributed by atoms with Gasteiger partial charge in [-0.1, -0.05) is 33.1 Å². The van der Waals surface area contributed by atoms with Crippen LogP contribution in [0.15, 0.2) is 10.7 Å². The predicted octanol–water partition coefficient (Wildman–Crippen LogP) is 2.99. The van der Waals surface area contributed by atoms with Gasteiger partial charge in [-0.05, 0) is 24.8 Å². The lowest BCUT2D eigenvalue weighted by atomic mass is 9.83. The third-order valence-corrected chi connectivity index (χ3v) is 3.37. The molecular formula is C14H24N2O2. The molecule has 0 spiro atoms. The van der Waals surface area contributed by atoms with Crippen molar-refractivity contribution in [2.24, 2.45) is 11.8 Å². The standard InChI is InChI=1S/C14H24N2O2/c1-11(2)8-15-9-13-10-18-14(16-13)17-7-6-12-4-3-5-12/h10-12,15H,3-9H2,1-2H3. The molecule has 0 amide bonds. The van der Waals surface area contributed by atoms with Crippen molar-refractivity contribution in [2.45, 2.75) is 46.1 Å². The average molecular weight is 252 g/mol. The first kappa shape index (κ1) is 13.4. The maximum atomic E-state index is 5.51. The summed E-state index contributed by atoms with van der Waals surface area (Å²) in [7, 11) is 0. The number of ether oxygens (including phenoxy) is 1. The molecule has 1 aliphatic carbocycles. The first-order valence-electron chi connectivity index (χ1n) is 7.02. The van der Waals surface area contributed by atoms with Gasteiger partial charge in [0.05, 0.1) is 12.3 Å². The van der Waals surface area contributed by atoms with Crippen molar-refractivity contribution in [3.63, 3.8) is 0 Å². The Morgan fingerprint density at radius 3 is 3.00 bits per heavy atom. The molecule has 1 aliphatic rings. The molecule has 1 fully saturated rings. The third-order valence-electron chi connectivity index (χ3n) is 3.37. The number of oxazole rings is 1. The molecule has 1 aromatic rings. The second-order valence-corrected chi connectivity index (χ2v) is 5.56. The Balaban J connectivity index is 1.62. The van der Waals surface area contributed by atoms with Crippen molar-refractivity contribution in [3.05, 3.63) is 12.0 Å². The van der Waals surface area contributed by atoms with Crippen LogP contribution in [0.25, 0.3) is 0 Å². The first-order valence-corrected chi connectivity index (χ1v) is 7.02.